The Bertz CT molecular complexity index is 291. The van der Waals surface area contributed by atoms with Crippen molar-refractivity contribution in [2.45, 2.75) is 44.2 Å². The van der Waals surface area contributed by atoms with Crippen molar-refractivity contribution < 1.29 is 5.11 Å². The van der Waals surface area contributed by atoms with E-state index in [1.165, 1.54) is 25.7 Å². The quantitative estimate of drug-likeness (QED) is 0.819. The SMILES string of the molecule is O[C@@H](C[C@@H]1CCCCCN1)c1ccccc1. The van der Waals surface area contributed by atoms with Gasteiger partial charge >= 0.3 is 0 Å². The molecule has 2 heteroatoms. The lowest BCUT2D eigenvalue weighted by atomic mass is 9.99. The zero-order valence-electron chi connectivity index (χ0n) is 9.73. The van der Waals surface area contributed by atoms with Gasteiger partial charge in [0.05, 0.1) is 6.10 Å². The highest BCUT2D eigenvalue weighted by atomic mass is 16.3. The summed E-state index contributed by atoms with van der Waals surface area (Å²) >= 11 is 0. The second-order valence-corrected chi connectivity index (χ2v) is 4.66. The zero-order valence-corrected chi connectivity index (χ0v) is 9.73. The summed E-state index contributed by atoms with van der Waals surface area (Å²) in [6.45, 7) is 1.10. The molecule has 1 aliphatic heterocycles. The predicted molar refractivity (Wildman–Crippen MR) is 66.3 cm³/mol. The number of benzene rings is 1. The summed E-state index contributed by atoms with van der Waals surface area (Å²) in [5.41, 5.74) is 1.04. The van der Waals surface area contributed by atoms with Gasteiger partial charge in [-0.1, -0.05) is 43.2 Å². The van der Waals surface area contributed by atoms with Crippen molar-refractivity contribution in [3.05, 3.63) is 35.9 Å². The Balaban J connectivity index is 1.88. The maximum atomic E-state index is 10.1. The molecule has 2 nitrogen and oxygen atoms in total. The second-order valence-electron chi connectivity index (χ2n) is 4.66. The fourth-order valence-corrected chi connectivity index (χ4v) is 2.38. The van der Waals surface area contributed by atoms with Crippen LogP contribution in [0.15, 0.2) is 30.3 Å². The van der Waals surface area contributed by atoms with Gasteiger partial charge in [-0.2, -0.15) is 0 Å². The van der Waals surface area contributed by atoms with Crippen LogP contribution in [0.25, 0.3) is 0 Å². The van der Waals surface area contributed by atoms with E-state index < -0.39 is 0 Å². The van der Waals surface area contributed by atoms with Gasteiger partial charge in [0, 0.05) is 6.04 Å². The minimum absolute atomic E-state index is 0.322. The Kier molecular flexibility index (Phi) is 4.37. The van der Waals surface area contributed by atoms with Gasteiger partial charge in [0.2, 0.25) is 0 Å². The molecule has 1 aromatic carbocycles. The number of rotatable bonds is 3. The molecular weight excluding hydrogens is 198 g/mol. The maximum absolute atomic E-state index is 10.1. The van der Waals surface area contributed by atoms with Crippen molar-refractivity contribution in [1.29, 1.82) is 0 Å². The van der Waals surface area contributed by atoms with Crippen LogP contribution < -0.4 is 5.32 Å². The number of hydrogen-bond donors (Lipinski definition) is 2. The highest BCUT2D eigenvalue weighted by Crippen LogP contribution is 2.21. The first kappa shape index (κ1) is 11.6. The minimum Gasteiger partial charge on any atom is -0.388 e. The van der Waals surface area contributed by atoms with Crippen LogP contribution in [0.1, 0.15) is 43.8 Å². The van der Waals surface area contributed by atoms with E-state index in [-0.39, 0.29) is 6.10 Å². The third kappa shape index (κ3) is 3.32. The smallest absolute Gasteiger partial charge is 0.0804 e. The Morgan fingerprint density at radius 2 is 2.00 bits per heavy atom. The van der Waals surface area contributed by atoms with Crippen molar-refractivity contribution in [2.24, 2.45) is 0 Å². The summed E-state index contributed by atoms with van der Waals surface area (Å²) in [6.07, 6.45) is 5.60. The van der Waals surface area contributed by atoms with Gasteiger partial charge in [-0.3, -0.25) is 0 Å². The van der Waals surface area contributed by atoms with Crippen molar-refractivity contribution in [3.63, 3.8) is 0 Å². The molecule has 16 heavy (non-hydrogen) atoms. The van der Waals surface area contributed by atoms with Gasteiger partial charge in [-0.15, -0.1) is 0 Å². The van der Waals surface area contributed by atoms with Crippen LogP contribution in [-0.4, -0.2) is 17.7 Å². The molecule has 1 fully saturated rings. The van der Waals surface area contributed by atoms with E-state index in [1.807, 2.05) is 30.3 Å². The van der Waals surface area contributed by atoms with Crippen LogP contribution in [0.3, 0.4) is 0 Å². The zero-order chi connectivity index (χ0) is 11.2. The van der Waals surface area contributed by atoms with E-state index in [9.17, 15) is 5.11 Å². The lowest BCUT2D eigenvalue weighted by Crippen LogP contribution is -2.29. The molecular formula is C14H21NO. The average molecular weight is 219 g/mol. The minimum atomic E-state index is -0.322. The molecule has 0 radical (unpaired) electrons. The van der Waals surface area contributed by atoms with Gasteiger partial charge in [0.1, 0.15) is 0 Å². The first-order valence-electron chi connectivity index (χ1n) is 6.32. The fourth-order valence-electron chi connectivity index (χ4n) is 2.38. The van der Waals surface area contributed by atoms with E-state index >= 15 is 0 Å². The lowest BCUT2D eigenvalue weighted by Gasteiger charge is -2.19. The molecule has 1 saturated heterocycles. The van der Waals surface area contributed by atoms with Crippen molar-refractivity contribution in [3.8, 4) is 0 Å². The second kappa shape index (κ2) is 6.02. The monoisotopic (exact) mass is 219 g/mol. The van der Waals surface area contributed by atoms with Gasteiger partial charge in [0.15, 0.2) is 0 Å². The molecule has 0 aliphatic carbocycles. The molecule has 0 amide bonds. The van der Waals surface area contributed by atoms with E-state index in [0.717, 1.165) is 18.5 Å². The summed E-state index contributed by atoms with van der Waals surface area (Å²) in [5, 5.41) is 13.6. The summed E-state index contributed by atoms with van der Waals surface area (Å²) in [5.74, 6) is 0. The molecule has 1 heterocycles. The largest absolute Gasteiger partial charge is 0.388 e. The van der Waals surface area contributed by atoms with Crippen molar-refractivity contribution >= 4 is 0 Å². The third-order valence-electron chi connectivity index (χ3n) is 3.35. The number of hydrogen-bond acceptors (Lipinski definition) is 2. The fraction of sp³-hybridized carbons (Fsp3) is 0.571. The van der Waals surface area contributed by atoms with Crippen LogP contribution in [0, 0.1) is 0 Å². The molecule has 0 saturated carbocycles. The van der Waals surface area contributed by atoms with Crippen LogP contribution in [0.5, 0.6) is 0 Å². The number of aliphatic hydroxyl groups is 1. The highest BCUT2D eigenvalue weighted by molar-refractivity contribution is 5.17. The molecule has 2 N–H and O–H groups in total. The molecule has 0 spiro atoms. The van der Waals surface area contributed by atoms with Crippen molar-refractivity contribution in [1.82, 2.24) is 5.32 Å². The molecule has 2 atom stereocenters. The Morgan fingerprint density at radius 1 is 1.19 bits per heavy atom. The van der Waals surface area contributed by atoms with Crippen LogP contribution in [0.4, 0.5) is 0 Å². The first-order valence-corrected chi connectivity index (χ1v) is 6.32. The standard InChI is InChI=1S/C14H21NO/c16-14(12-7-3-1-4-8-12)11-13-9-5-2-6-10-15-13/h1,3-4,7-8,13-16H,2,5-6,9-11H2/t13-,14-/m0/s1. The summed E-state index contributed by atoms with van der Waals surface area (Å²) in [7, 11) is 0. The van der Waals surface area contributed by atoms with E-state index in [4.69, 9.17) is 0 Å². The van der Waals surface area contributed by atoms with E-state index in [0.29, 0.717) is 6.04 Å². The topological polar surface area (TPSA) is 32.3 Å². The van der Waals surface area contributed by atoms with Crippen molar-refractivity contribution in [2.75, 3.05) is 6.54 Å². The summed E-state index contributed by atoms with van der Waals surface area (Å²) in [6, 6.07) is 10.4. The lowest BCUT2D eigenvalue weighted by molar-refractivity contribution is 0.150. The predicted octanol–water partition coefficient (Wildman–Crippen LogP) is 2.64. The van der Waals surface area contributed by atoms with Gasteiger partial charge in [0.25, 0.3) is 0 Å². The van der Waals surface area contributed by atoms with E-state index in [1.54, 1.807) is 0 Å². The molecule has 0 bridgehead atoms. The van der Waals surface area contributed by atoms with Gasteiger partial charge < -0.3 is 10.4 Å². The average Bonchev–Trinajstić information content (AvgIpc) is 2.59. The maximum Gasteiger partial charge on any atom is 0.0804 e. The van der Waals surface area contributed by atoms with Gasteiger partial charge in [-0.05, 0) is 31.4 Å². The van der Waals surface area contributed by atoms with Crippen LogP contribution in [-0.2, 0) is 0 Å². The number of nitrogens with one attached hydrogen (secondary N) is 1. The van der Waals surface area contributed by atoms with Crippen LogP contribution in [0.2, 0.25) is 0 Å². The van der Waals surface area contributed by atoms with Crippen LogP contribution >= 0.6 is 0 Å². The molecule has 88 valence electrons. The van der Waals surface area contributed by atoms with Gasteiger partial charge in [-0.25, -0.2) is 0 Å². The number of aliphatic hydroxyl groups excluding tert-OH is 1. The molecule has 0 unspecified atom stereocenters. The highest BCUT2D eigenvalue weighted by Gasteiger charge is 2.16. The summed E-state index contributed by atoms with van der Waals surface area (Å²) in [4.78, 5) is 0. The third-order valence-corrected chi connectivity index (χ3v) is 3.35. The Morgan fingerprint density at radius 3 is 2.81 bits per heavy atom. The Hall–Kier alpha value is -0.860. The normalized spacial score (nSPS) is 23.7. The molecule has 0 aromatic heterocycles. The Labute approximate surface area is 97.7 Å². The molecule has 2 rings (SSSR count). The summed E-state index contributed by atoms with van der Waals surface area (Å²) < 4.78 is 0. The van der Waals surface area contributed by atoms with E-state index in [2.05, 4.69) is 5.32 Å². The molecule has 1 aliphatic rings. The first-order chi connectivity index (χ1) is 7.86. The molecule has 1 aromatic rings.